The van der Waals surface area contributed by atoms with E-state index in [2.05, 4.69) is 5.32 Å². The number of nitrogens with one attached hydrogen (secondary N) is 1. The van der Waals surface area contributed by atoms with Crippen LogP contribution < -0.4 is 5.32 Å². The van der Waals surface area contributed by atoms with Crippen molar-refractivity contribution in [3.05, 3.63) is 34.6 Å². The summed E-state index contributed by atoms with van der Waals surface area (Å²) in [5.41, 5.74) is 0.800. The molecule has 0 heterocycles. The molecule has 0 bridgehead atoms. The van der Waals surface area contributed by atoms with Crippen LogP contribution in [0.4, 0.5) is 4.39 Å². The van der Waals surface area contributed by atoms with E-state index in [0.717, 1.165) is 18.5 Å². The van der Waals surface area contributed by atoms with E-state index in [1.54, 1.807) is 6.07 Å². The van der Waals surface area contributed by atoms with Crippen LogP contribution >= 0.6 is 11.6 Å². The maximum absolute atomic E-state index is 13.5. The first-order valence-electron chi connectivity index (χ1n) is 6.69. The smallest absolute Gasteiger partial charge is 0.147 e. The summed E-state index contributed by atoms with van der Waals surface area (Å²) < 4.78 is 35.8. The summed E-state index contributed by atoms with van der Waals surface area (Å²) in [7, 11) is -2.96. The number of rotatable bonds is 8. The lowest BCUT2D eigenvalue weighted by Crippen LogP contribution is -2.23. The summed E-state index contributed by atoms with van der Waals surface area (Å²) in [6.07, 6.45) is 3.38. The molecule has 1 atom stereocenters. The summed E-state index contributed by atoms with van der Waals surface area (Å²) in [6.45, 7) is 2.84. The second-order valence-corrected chi connectivity index (χ2v) is 7.62. The molecule has 0 amide bonds. The molecule has 1 aromatic carbocycles. The maximum atomic E-state index is 13.5. The number of hydrogen-bond donors (Lipinski definition) is 1. The Morgan fingerprint density at radius 2 is 2.10 bits per heavy atom. The molecule has 0 aliphatic rings. The van der Waals surface area contributed by atoms with Crippen LogP contribution in [-0.2, 0) is 9.84 Å². The first kappa shape index (κ1) is 17.4. The highest BCUT2D eigenvalue weighted by molar-refractivity contribution is 7.90. The largest absolute Gasteiger partial charge is 0.310 e. The highest BCUT2D eigenvalue weighted by Crippen LogP contribution is 2.23. The lowest BCUT2D eigenvalue weighted by molar-refractivity contribution is 0.489. The Hall–Kier alpha value is -0.650. The predicted molar refractivity (Wildman–Crippen MR) is 81.4 cm³/mol. The molecule has 0 spiro atoms. The zero-order chi connectivity index (χ0) is 15.2. The van der Waals surface area contributed by atoms with Crippen molar-refractivity contribution in [3.8, 4) is 0 Å². The quantitative estimate of drug-likeness (QED) is 0.798. The Balaban J connectivity index is 2.74. The molecule has 1 N–H and O–H groups in total. The third kappa shape index (κ3) is 6.20. The van der Waals surface area contributed by atoms with Crippen LogP contribution in [0.5, 0.6) is 0 Å². The van der Waals surface area contributed by atoms with Gasteiger partial charge in [0.15, 0.2) is 0 Å². The van der Waals surface area contributed by atoms with Gasteiger partial charge in [-0.05, 0) is 43.5 Å². The first-order valence-corrected chi connectivity index (χ1v) is 9.13. The molecule has 1 aromatic rings. The molecule has 1 unspecified atom stereocenters. The zero-order valence-electron chi connectivity index (χ0n) is 11.8. The molecule has 20 heavy (non-hydrogen) atoms. The molecule has 3 nitrogen and oxygen atoms in total. The van der Waals surface area contributed by atoms with Gasteiger partial charge in [-0.25, -0.2) is 12.8 Å². The fourth-order valence-corrected chi connectivity index (χ4v) is 2.79. The normalized spacial score (nSPS) is 13.4. The van der Waals surface area contributed by atoms with Gasteiger partial charge in [-0.3, -0.25) is 0 Å². The first-order chi connectivity index (χ1) is 9.33. The van der Waals surface area contributed by atoms with E-state index in [0.29, 0.717) is 12.8 Å². The van der Waals surface area contributed by atoms with Crippen LogP contribution in [0.15, 0.2) is 18.2 Å². The van der Waals surface area contributed by atoms with E-state index in [1.165, 1.54) is 18.4 Å². The van der Waals surface area contributed by atoms with E-state index in [9.17, 15) is 12.8 Å². The summed E-state index contributed by atoms with van der Waals surface area (Å²) >= 11 is 5.68. The van der Waals surface area contributed by atoms with Crippen molar-refractivity contribution < 1.29 is 12.8 Å². The van der Waals surface area contributed by atoms with Crippen molar-refractivity contribution in [3.63, 3.8) is 0 Å². The Kier molecular flexibility index (Phi) is 6.92. The van der Waals surface area contributed by atoms with Gasteiger partial charge in [0.05, 0.1) is 5.02 Å². The van der Waals surface area contributed by atoms with Crippen molar-refractivity contribution in [2.75, 3.05) is 18.6 Å². The van der Waals surface area contributed by atoms with Crippen molar-refractivity contribution in [2.45, 2.75) is 32.2 Å². The van der Waals surface area contributed by atoms with Crippen molar-refractivity contribution in [2.24, 2.45) is 0 Å². The van der Waals surface area contributed by atoms with Gasteiger partial charge in [-0.2, -0.15) is 0 Å². The van der Waals surface area contributed by atoms with Gasteiger partial charge in [0.25, 0.3) is 0 Å². The molecular formula is C14H21ClFNO2S. The Bertz CT molecular complexity index is 534. The van der Waals surface area contributed by atoms with Crippen molar-refractivity contribution >= 4 is 21.4 Å². The lowest BCUT2D eigenvalue weighted by atomic mass is 10.0. The minimum Gasteiger partial charge on any atom is -0.310 e. The monoisotopic (exact) mass is 321 g/mol. The van der Waals surface area contributed by atoms with E-state index in [4.69, 9.17) is 11.6 Å². The summed E-state index contributed by atoms with van der Waals surface area (Å²) in [5.74, 6) is -0.302. The van der Waals surface area contributed by atoms with Crippen LogP contribution in [0.2, 0.25) is 5.02 Å². The average Bonchev–Trinajstić information content (AvgIpc) is 2.35. The number of hydrogen-bond acceptors (Lipinski definition) is 3. The molecule has 0 radical (unpaired) electrons. The molecule has 0 saturated heterocycles. The van der Waals surface area contributed by atoms with Gasteiger partial charge in [-0.15, -0.1) is 0 Å². The second-order valence-electron chi connectivity index (χ2n) is 4.95. The van der Waals surface area contributed by atoms with Crippen LogP contribution in [-0.4, -0.2) is 27.0 Å². The molecule has 0 aromatic heterocycles. The second kappa shape index (κ2) is 7.96. The third-order valence-electron chi connectivity index (χ3n) is 2.99. The number of benzene rings is 1. The number of halogens is 2. The summed E-state index contributed by atoms with van der Waals surface area (Å²) in [5, 5.41) is 3.41. The van der Waals surface area contributed by atoms with Gasteiger partial charge in [0, 0.05) is 18.1 Å². The van der Waals surface area contributed by atoms with E-state index in [-0.39, 0.29) is 16.8 Å². The van der Waals surface area contributed by atoms with Gasteiger partial charge in [0.2, 0.25) is 0 Å². The highest BCUT2D eigenvalue weighted by Gasteiger charge is 2.14. The molecule has 0 aliphatic carbocycles. The SMILES string of the molecule is CCCNC(CCCS(C)(=O)=O)c1ccc(Cl)c(F)c1. The molecular weight excluding hydrogens is 301 g/mol. The van der Waals surface area contributed by atoms with Crippen LogP contribution in [0.3, 0.4) is 0 Å². The van der Waals surface area contributed by atoms with Crippen molar-refractivity contribution in [1.82, 2.24) is 5.32 Å². The fraction of sp³-hybridized carbons (Fsp3) is 0.571. The highest BCUT2D eigenvalue weighted by atomic mass is 35.5. The predicted octanol–water partition coefficient (Wildman–Crippen LogP) is 3.34. The van der Waals surface area contributed by atoms with Gasteiger partial charge >= 0.3 is 0 Å². The fourth-order valence-electron chi connectivity index (χ4n) is 1.98. The third-order valence-corrected chi connectivity index (χ3v) is 4.33. The van der Waals surface area contributed by atoms with Crippen LogP contribution in [0.25, 0.3) is 0 Å². The van der Waals surface area contributed by atoms with E-state index < -0.39 is 15.7 Å². The Morgan fingerprint density at radius 3 is 2.65 bits per heavy atom. The zero-order valence-corrected chi connectivity index (χ0v) is 13.4. The number of sulfone groups is 1. The molecule has 6 heteroatoms. The summed E-state index contributed by atoms with van der Waals surface area (Å²) in [6, 6.07) is 4.67. The molecule has 114 valence electrons. The minimum atomic E-state index is -2.96. The summed E-state index contributed by atoms with van der Waals surface area (Å²) in [4.78, 5) is 0. The van der Waals surface area contributed by atoms with E-state index >= 15 is 0 Å². The minimum absolute atomic E-state index is 0.0523. The average molecular weight is 322 g/mol. The molecule has 0 saturated carbocycles. The van der Waals surface area contributed by atoms with E-state index in [1.807, 2.05) is 6.92 Å². The molecule has 0 fully saturated rings. The van der Waals surface area contributed by atoms with Gasteiger partial charge in [-0.1, -0.05) is 24.6 Å². The van der Waals surface area contributed by atoms with Crippen molar-refractivity contribution in [1.29, 1.82) is 0 Å². The topological polar surface area (TPSA) is 46.2 Å². The van der Waals surface area contributed by atoms with Gasteiger partial charge < -0.3 is 5.32 Å². The Labute approximate surface area is 125 Å². The maximum Gasteiger partial charge on any atom is 0.147 e. The standard InChI is InChI=1S/C14H21ClFNO2S/c1-3-8-17-14(5-4-9-20(2,18)19)11-6-7-12(15)13(16)10-11/h6-7,10,14,17H,3-5,8-9H2,1-2H3. The van der Waals surface area contributed by atoms with Gasteiger partial charge in [0.1, 0.15) is 15.7 Å². The molecule has 0 aliphatic heterocycles. The van der Waals surface area contributed by atoms with Crippen LogP contribution in [0.1, 0.15) is 37.8 Å². The molecule has 1 rings (SSSR count). The lowest BCUT2D eigenvalue weighted by Gasteiger charge is -2.19. The Morgan fingerprint density at radius 1 is 1.40 bits per heavy atom. The van der Waals surface area contributed by atoms with Crippen LogP contribution in [0, 0.1) is 5.82 Å².